The van der Waals surface area contributed by atoms with Gasteiger partial charge in [-0.05, 0) is 12.1 Å². The molecule has 0 saturated carbocycles. The number of β-amino-alcohol motifs (C(OH)–C–C–N with tert-alkyl or cyclic N) is 2. The zero-order chi connectivity index (χ0) is 15.1. The van der Waals surface area contributed by atoms with Gasteiger partial charge in [-0.25, -0.2) is 0 Å². The van der Waals surface area contributed by atoms with Gasteiger partial charge in [0.1, 0.15) is 10.6 Å². The lowest BCUT2D eigenvalue weighted by Crippen LogP contribution is -2.29. The second kappa shape index (κ2) is 5.18. The first kappa shape index (κ1) is 14.1. The van der Waals surface area contributed by atoms with E-state index in [1.54, 1.807) is 13.2 Å². The van der Waals surface area contributed by atoms with E-state index in [2.05, 4.69) is 0 Å². The van der Waals surface area contributed by atoms with Gasteiger partial charge in [-0.15, -0.1) is 11.3 Å². The number of aliphatic hydroxyl groups excluding tert-OH is 2. The number of likely N-dealkylation sites (tertiary alicyclic amines) is 1. The number of fused-ring (bicyclic) bond motifs is 1. The summed E-state index contributed by atoms with van der Waals surface area (Å²) in [4.78, 5) is 14.4. The smallest absolute Gasteiger partial charge is 0.266 e. The van der Waals surface area contributed by atoms with E-state index in [0.717, 1.165) is 10.1 Å². The summed E-state index contributed by atoms with van der Waals surface area (Å²) >= 11 is 1.29. The molecule has 21 heavy (non-hydrogen) atoms. The number of rotatable bonds is 2. The van der Waals surface area contributed by atoms with Gasteiger partial charge in [0.05, 0.1) is 30.4 Å². The summed E-state index contributed by atoms with van der Waals surface area (Å²) < 4.78 is 6.15. The molecule has 1 saturated heterocycles. The zero-order valence-electron chi connectivity index (χ0n) is 11.4. The van der Waals surface area contributed by atoms with E-state index in [1.807, 2.05) is 12.1 Å². The van der Waals surface area contributed by atoms with E-state index in [-0.39, 0.29) is 19.0 Å². The predicted molar refractivity (Wildman–Crippen MR) is 80.7 cm³/mol. The summed E-state index contributed by atoms with van der Waals surface area (Å²) in [5.74, 6) is 0.355. The van der Waals surface area contributed by atoms with Gasteiger partial charge in [0, 0.05) is 17.8 Å². The average Bonchev–Trinajstić information content (AvgIpc) is 2.99. The molecule has 0 radical (unpaired) electrons. The lowest BCUT2D eigenvalue weighted by Gasteiger charge is -2.14. The van der Waals surface area contributed by atoms with Gasteiger partial charge < -0.3 is 25.6 Å². The quantitative estimate of drug-likeness (QED) is 0.758. The number of nitrogen functional groups attached to an aromatic ring is 1. The highest BCUT2D eigenvalue weighted by atomic mass is 32.1. The van der Waals surface area contributed by atoms with Crippen molar-refractivity contribution in [3.63, 3.8) is 0 Å². The Balaban J connectivity index is 2.01. The molecule has 2 heterocycles. The standard InChI is InChI=1S/C14H16N2O4S/c1-20-9-3-2-4-10-11(9)12(15)13(21-10)14(19)16-5-7(17)8(18)6-16/h2-4,7-8,17-18H,5-6,15H2,1H3. The summed E-state index contributed by atoms with van der Waals surface area (Å²) in [7, 11) is 1.56. The second-order valence-electron chi connectivity index (χ2n) is 5.02. The Kier molecular flexibility index (Phi) is 3.48. The molecule has 1 aromatic heterocycles. The number of thiophene rings is 1. The van der Waals surface area contributed by atoms with Crippen LogP contribution in [0.1, 0.15) is 9.67 Å². The minimum Gasteiger partial charge on any atom is -0.496 e. The third-order valence-electron chi connectivity index (χ3n) is 3.67. The summed E-state index contributed by atoms with van der Waals surface area (Å²) in [6, 6.07) is 5.51. The molecular weight excluding hydrogens is 292 g/mol. The first-order chi connectivity index (χ1) is 10.0. The highest BCUT2D eigenvalue weighted by Crippen LogP contribution is 2.40. The van der Waals surface area contributed by atoms with Gasteiger partial charge in [-0.3, -0.25) is 4.79 Å². The number of hydrogen-bond acceptors (Lipinski definition) is 6. The molecule has 1 amide bonds. The normalized spacial score (nSPS) is 22.0. The van der Waals surface area contributed by atoms with Gasteiger partial charge in [-0.2, -0.15) is 0 Å². The maximum Gasteiger partial charge on any atom is 0.266 e. The molecule has 2 unspecified atom stereocenters. The molecule has 1 fully saturated rings. The number of benzene rings is 1. The molecule has 2 aromatic rings. The van der Waals surface area contributed by atoms with Gasteiger partial charge in [0.25, 0.3) is 5.91 Å². The van der Waals surface area contributed by atoms with Crippen molar-refractivity contribution in [2.45, 2.75) is 12.2 Å². The third-order valence-corrected chi connectivity index (χ3v) is 4.83. The van der Waals surface area contributed by atoms with Gasteiger partial charge in [-0.1, -0.05) is 6.07 Å². The number of nitrogens with two attached hydrogens (primary N) is 1. The predicted octanol–water partition coefficient (Wildman–Crippen LogP) is 0.670. The number of carbonyl (C=O) groups is 1. The molecule has 3 rings (SSSR count). The zero-order valence-corrected chi connectivity index (χ0v) is 12.3. The third kappa shape index (κ3) is 2.23. The van der Waals surface area contributed by atoms with Crippen molar-refractivity contribution in [3.8, 4) is 5.75 Å². The lowest BCUT2D eigenvalue weighted by molar-refractivity contribution is 0.0572. The van der Waals surface area contributed by atoms with Crippen molar-refractivity contribution in [2.24, 2.45) is 0 Å². The first-order valence-corrected chi connectivity index (χ1v) is 7.35. The van der Waals surface area contributed by atoms with E-state index < -0.39 is 12.2 Å². The molecule has 0 spiro atoms. The SMILES string of the molecule is COc1cccc2sc(C(=O)N3CC(O)C(O)C3)c(N)c12. The van der Waals surface area contributed by atoms with Crippen molar-refractivity contribution < 1.29 is 19.7 Å². The number of carbonyl (C=O) groups excluding carboxylic acids is 1. The molecule has 0 aliphatic carbocycles. The van der Waals surface area contributed by atoms with Crippen molar-refractivity contribution in [2.75, 3.05) is 25.9 Å². The van der Waals surface area contributed by atoms with Crippen LogP contribution in [0.15, 0.2) is 18.2 Å². The van der Waals surface area contributed by atoms with E-state index in [1.165, 1.54) is 16.2 Å². The molecule has 4 N–H and O–H groups in total. The summed E-state index contributed by atoms with van der Waals surface area (Å²) in [6.45, 7) is 0.232. The van der Waals surface area contributed by atoms with Crippen LogP contribution in [0.25, 0.3) is 10.1 Å². The molecular formula is C14H16N2O4S. The van der Waals surface area contributed by atoms with Crippen molar-refractivity contribution in [3.05, 3.63) is 23.1 Å². The minimum absolute atomic E-state index is 0.116. The van der Waals surface area contributed by atoms with Gasteiger partial charge in [0.2, 0.25) is 0 Å². The van der Waals surface area contributed by atoms with Crippen LogP contribution in [0.2, 0.25) is 0 Å². The Morgan fingerprint density at radius 2 is 2.05 bits per heavy atom. The highest BCUT2D eigenvalue weighted by Gasteiger charge is 2.34. The average molecular weight is 308 g/mol. The molecule has 7 heteroatoms. The summed E-state index contributed by atoms with van der Waals surface area (Å²) in [5, 5.41) is 19.9. The van der Waals surface area contributed by atoms with E-state index in [4.69, 9.17) is 10.5 Å². The topological polar surface area (TPSA) is 96.0 Å². The lowest BCUT2D eigenvalue weighted by atomic mass is 10.2. The van der Waals surface area contributed by atoms with Crippen molar-refractivity contribution >= 4 is 33.0 Å². The van der Waals surface area contributed by atoms with Crippen molar-refractivity contribution in [1.29, 1.82) is 0 Å². The van der Waals surface area contributed by atoms with Crippen LogP contribution >= 0.6 is 11.3 Å². The Morgan fingerprint density at radius 3 is 2.67 bits per heavy atom. The van der Waals surface area contributed by atoms with Gasteiger partial charge in [0.15, 0.2) is 0 Å². The molecule has 1 aromatic carbocycles. The fourth-order valence-electron chi connectivity index (χ4n) is 2.55. The Bertz CT molecular complexity index is 690. The monoisotopic (exact) mass is 308 g/mol. The van der Waals surface area contributed by atoms with Crippen LogP contribution in [0.4, 0.5) is 5.69 Å². The molecule has 6 nitrogen and oxygen atoms in total. The van der Waals surface area contributed by atoms with Crippen LogP contribution < -0.4 is 10.5 Å². The summed E-state index contributed by atoms with van der Waals surface area (Å²) in [6.07, 6.45) is -1.81. The number of aliphatic hydroxyl groups is 2. The van der Waals surface area contributed by atoms with Crippen LogP contribution in [0, 0.1) is 0 Å². The molecule has 1 aliphatic heterocycles. The van der Waals surface area contributed by atoms with E-state index in [9.17, 15) is 15.0 Å². The number of nitrogens with zero attached hydrogens (tertiary/aromatic N) is 1. The number of methoxy groups -OCH3 is 1. The van der Waals surface area contributed by atoms with Crippen LogP contribution in [0.5, 0.6) is 5.75 Å². The van der Waals surface area contributed by atoms with Crippen LogP contribution in [-0.2, 0) is 0 Å². The number of anilines is 1. The largest absolute Gasteiger partial charge is 0.496 e. The number of amides is 1. The summed E-state index contributed by atoms with van der Waals surface area (Å²) in [5.41, 5.74) is 6.49. The molecule has 2 atom stereocenters. The Hall–Kier alpha value is -1.83. The fraction of sp³-hybridized carbons (Fsp3) is 0.357. The molecule has 0 bridgehead atoms. The van der Waals surface area contributed by atoms with Crippen LogP contribution in [-0.4, -0.2) is 53.4 Å². The second-order valence-corrected chi connectivity index (χ2v) is 6.08. The highest BCUT2D eigenvalue weighted by molar-refractivity contribution is 7.21. The number of hydrogen-bond donors (Lipinski definition) is 3. The molecule has 1 aliphatic rings. The first-order valence-electron chi connectivity index (χ1n) is 6.53. The van der Waals surface area contributed by atoms with E-state index >= 15 is 0 Å². The van der Waals surface area contributed by atoms with Crippen molar-refractivity contribution in [1.82, 2.24) is 4.90 Å². The van der Waals surface area contributed by atoms with Crippen LogP contribution in [0.3, 0.4) is 0 Å². The Morgan fingerprint density at radius 1 is 1.38 bits per heavy atom. The van der Waals surface area contributed by atoms with Gasteiger partial charge >= 0.3 is 0 Å². The maximum absolute atomic E-state index is 12.5. The molecule has 112 valence electrons. The fourth-order valence-corrected chi connectivity index (χ4v) is 3.66. The van der Waals surface area contributed by atoms with E-state index in [0.29, 0.717) is 16.3 Å². The maximum atomic E-state index is 12.5. The minimum atomic E-state index is -0.904. The Labute approximate surface area is 125 Å². The number of ether oxygens (including phenoxy) is 1.